The number of aliphatic hydroxyl groups is 1. The second-order valence-electron chi connectivity index (χ2n) is 6.45. The zero-order valence-corrected chi connectivity index (χ0v) is 15.5. The van der Waals surface area contributed by atoms with Gasteiger partial charge in [-0.25, -0.2) is 0 Å². The van der Waals surface area contributed by atoms with Gasteiger partial charge in [0.25, 0.3) is 5.91 Å². The quantitative estimate of drug-likeness (QED) is 0.741. The average Bonchev–Trinajstić information content (AvgIpc) is 2.91. The van der Waals surface area contributed by atoms with Crippen molar-refractivity contribution in [2.75, 3.05) is 12.0 Å². The molecule has 1 atom stereocenters. The van der Waals surface area contributed by atoms with Crippen LogP contribution < -0.4 is 9.64 Å². The van der Waals surface area contributed by atoms with Crippen LogP contribution in [0.2, 0.25) is 5.02 Å². The lowest BCUT2D eigenvalue weighted by Crippen LogP contribution is -2.41. The second kappa shape index (κ2) is 6.72. The molecule has 0 saturated carbocycles. The molecule has 0 radical (unpaired) electrons. The minimum atomic E-state index is -1.86. The molecule has 1 aliphatic heterocycles. The number of rotatable bonds is 4. The van der Waals surface area contributed by atoms with Gasteiger partial charge in [-0.2, -0.15) is 0 Å². The number of ether oxygens (including phenoxy) is 1. The average molecular weight is 380 g/mol. The van der Waals surface area contributed by atoms with Gasteiger partial charge in [-0.05, 0) is 29.8 Å². The maximum absolute atomic E-state index is 13.4. The molecule has 0 bridgehead atoms. The first-order valence-electron chi connectivity index (χ1n) is 8.57. The van der Waals surface area contributed by atoms with E-state index in [2.05, 4.69) is 0 Å². The molecule has 3 aromatic rings. The first-order valence-corrected chi connectivity index (χ1v) is 8.95. The highest BCUT2D eigenvalue weighted by atomic mass is 35.5. The van der Waals surface area contributed by atoms with Crippen LogP contribution in [0.15, 0.2) is 72.8 Å². The van der Waals surface area contributed by atoms with Crippen molar-refractivity contribution in [1.29, 1.82) is 0 Å². The summed E-state index contributed by atoms with van der Waals surface area (Å²) in [5.41, 5.74) is 0.608. The highest BCUT2D eigenvalue weighted by molar-refractivity contribution is 6.31. The van der Waals surface area contributed by atoms with Gasteiger partial charge >= 0.3 is 0 Å². The minimum Gasteiger partial charge on any atom is -0.496 e. The summed E-state index contributed by atoms with van der Waals surface area (Å²) in [5, 5.41) is 12.1. The predicted molar refractivity (Wildman–Crippen MR) is 105 cm³/mol. The lowest BCUT2D eigenvalue weighted by molar-refractivity contribution is -0.132. The molecule has 0 unspecified atom stereocenters. The summed E-state index contributed by atoms with van der Waals surface area (Å²) in [7, 11) is 1.52. The zero-order valence-electron chi connectivity index (χ0n) is 14.7. The maximum atomic E-state index is 13.4. The van der Waals surface area contributed by atoms with Gasteiger partial charge in [0, 0.05) is 16.1 Å². The molecular formula is C22H18ClNO3. The number of carbonyl (C=O) groups excluding carboxylic acids is 1. The number of benzene rings is 3. The Morgan fingerprint density at radius 2 is 1.70 bits per heavy atom. The fourth-order valence-corrected chi connectivity index (χ4v) is 3.75. The van der Waals surface area contributed by atoms with Gasteiger partial charge in [0.15, 0.2) is 5.60 Å². The summed E-state index contributed by atoms with van der Waals surface area (Å²) in [6, 6.07) is 21.8. The molecule has 1 N–H and O–H groups in total. The Morgan fingerprint density at radius 1 is 1.00 bits per heavy atom. The van der Waals surface area contributed by atoms with Crippen LogP contribution in [0.4, 0.5) is 5.69 Å². The van der Waals surface area contributed by atoms with E-state index >= 15 is 0 Å². The van der Waals surface area contributed by atoms with Gasteiger partial charge in [-0.3, -0.25) is 4.79 Å². The number of hydrogen-bond acceptors (Lipinski definition) is 3. The summed E-state index contributed by atoms with van der Waals surface area (Å²) in [4.78, 5) is 15.0. The number of anilines is 1. The lowest BCUT2D eigenvalue weighted by Gasteiger charge is -2.25. The van der Waals surface area contributed by atoms with Crippen molar-refractivity contribution < 1.29 is 14.6 Å². The number of methoxy groups -OCH3 is 1. The number of nitrogens with zero attached hydrogens (tertiary/aromatic N) is 1. The SMILES string of the molecule is COc1ccccc1[C@]1(O)C(=O)N(Cc2ccccc2)c2ccc(Cl)cc21. The molecule has 136 valence electrons. The van der Waals surface area contributed by atoms with Crippen molar-refractivity contribution in [3.8, 4) is 5.75 Å². The molecule has 4 nitrogen and oxygen atoms in total. The highest BCUT2D eigenvalue weighted by Crippen LogP contribution is 2.48. The monoisotopic (exact) mass is 379 g/mol. The molecule has 1 aliphatic rings. The van der Waals surface area contributed by atoms with Crippen molar-refractivity contribution in [2.45, 2.75) is 12.1 Å². The summed E-state index contributed by atoms with van der Waals surface area (Å²) in [6.07, 6.45) is 0. The molecule has 0 fully saturated rings. The molecule has 27 heavy (non-hydrogen) atoms. The Labute approximate surface area is 162 Å². The Balaban J connectivity index is 1.89. The molecule has 1 heterocycles. The standard InChI is InChI=1S/C22H18ClNO3/c1-27-20-10-6-5-9-17(20)22(26)18-13-16(23)11-12-19(18)24(21(22)25)14-15-7-3-2-4-8-15/h2-13,26H,14H2,1H3/t22-/m1/s1. The molecule has 3 aromatic carbocycles. The topological polar surface area (TPSA) is 49.8 Å². The van der Waals surface area contributed by atoms with Crippen LogP contribution in [-0.4, -0.2) is 18.1 Å². The first kappa shape index (κ1) is 17.6. The molecule has 4 rings (SSSR count). The minimum absolute atomic E-state index is 0.353. The van der Waals surface area contributed by atoms with Crippen molar-refractivity contribution in [3.05, 3.63) is 94.5 Å². The highest BCUT2D eigenvalue weighted by Gasteiger charge is 2.52. The largest absolute Gasteiger partial charge is 0.496 e. The molecule has 1 amide bonds. The van der Waals surface area contributed by atoms with Gasteiger partial charge < -0.3 is 14.7 Å². The van der Waals surface area contributed by atoms with Crippen molar-refractivity contribution in [1.82, 2.24) is 0 Å². The van der Waals surface area contributed by atoms with Crippen LogP contribution >= 0.6 is 11.6 Å². The molecule has 0 aliphatic carbocycles. The summed E-state index contributed by atoms with van der Waals surface area (Å²) in [6.45, 7) is 0.353. The molecule has 0 saturated heterocycles. The Kier molecular flexibility index (Phi) is 4.38. The third kappa shape index (κ3) is 2.78. The van der Waals surface area contributed by atoms with E-state index in [-0.39, 0.29) is 0 Å². The molecular weight excluding hydrogens is 362 g/mol. The molecule has 0 spiro atoms. The molecule has 0 aromatic heterocycles. The van der Waals surface area contributed by atoms with Crippen molar-refractivity contribution in [3.63, 3.8) is 0 Å². The second-order valence-corrected chi connectivity index (χ2v) is 6.89. The van der Waals surface area contributed by atoms with Crippen LogP contribution in [0.3, 0.4) is 0 Å². The number of halogens is 1. The zero-order chi connectivity index (χ0) is 19.0. The fourth-order valence-electron chi connectivity index (χ4n) is 3.58. The summed E-state index contributed by atoms with van der Waals surface area (Å²) >= 11 is 6.20. The van der Waals surface area contributed by atoms with E-state index in [9.17, 15) is 9.90 Å². The normalized spacial score (nSPS) is 18.5. The van der Waals surface area contributed by atoms with Crippen LogP contribution in [-0.2, 0) is 16.9 Å². The van der Waals surface area contributed by atoms with E-state index in [4.69, 9.17) is 16.3 Å². The van der Waals surface area contributed by atoms with E-state index in [0.717, 1.165) is 5.56 Å². The van der Waals surface area contributed by atoms with Gasteiger partial charge in [-0.15, -0.1) is 0 Å². The number of fused-ring (bicyclic) bond motifs is 1. The van der Waals surface area contributed by atoms with Gasteiger partial charge in [0.2, 0.25) is 0 Å². The fraction of sp³-hybridized carbons (Fsp3) is 0.136. The van der Waals surface area contributed by atoms with Gasteiger partial charge in [0.1, 0.15) is 5.75 Å². The van der Waals surface area contributed by atoms with E-state index < -0.39 is 11.5 Å². The lowest BCUT2D eigenvalue weighted by atomic mass is 9.87. The number of carbonyl (C=O) groups is 1. The number of amides is 1. The maximum Gasteiger partial charge on any atom is 0.268 e. The van der Waals surface area contributed by atoms with Crippen LogP contribution in [0.5, 0.6) is 5.75 Å². The van der Waals surface area contributed by atoms with E-state index in [1.165, 1.54) is 7.11 Å². The van der Waals surface area contributed by atoms with Crippen molar-refractivity contribution >= 4 is 23.2 Å². The Hall–Kier alpha value is -2.82. The van der Waals surface area contributed by atoms with Crippen LogP contribution in [0.1, 0.15) is 16.7 Å². The first-order chi connectivity index (χ1) is 13.1. The number of hydrogen-bond donors (Lipinski definition) is 1. The smallest absolute Gasteiger partial charge is 0.268 e. The summed E-state index contributed by atoms with van der Waals surface area (Å²) in [5.74, 6) is 0.0222. The van der Waals surface area contributed by atoms with Gasteiger partial charge in [0.05, 0.1) is 19.3 Å². The summed E-state index contributed by atoms with van der Waals surface area (Å²) < 4.78 is 5.41. The van der Waals surface area contributed by atoms with E-state index in [1.54, 1.807) is 47.4 Å². The Morgan fingerprint density at radius 3 is 2.44 bits per heavy atom. The third-order valence-corrected chi connectivity index (χ3v) is 5.11. The third-order valence-electron chi connectivity index (χ3n) is 4.87. The van der Waals surface area contributed by atoms with Crippen LogP contribution in [0.25, 0.3) is 0 Å². The van der Waals surface area contributed by atoms with Gasteiger partial charge in [-0.1, -0.05) is 60.1 Å². The van der Waals surface area contributed by atoms with Crippen molar-refractivity contribution in [2.24, 2.45) is 0 Å². The predicted octanol–water partition coefficient (Wildman–Crippen LogP) is 4.13. The van der Waals surface area contributed by atoms with E-state index in [0.29, 0.717) is 34.1 Å². The number of para-hydroxylation sites is 1. The molecule has 5 heteroatoms. The Bertz CT molecular complexity index is 1010. The van der Waals surface area contributed by atoms with E-state index in [1.807, 2.05) is 30.3 Å². The van der Waals surface area contributed by atoms with Crippen LogP contribution in [0, 0.1) is 0 Å².